The molecule has 0 heterocycles. The largest absolute Gasteiger partial charge is 0.494 e. The molecule has 0 aliphatic rings. The summed E-state index contributed by atoms with van der Waals surface area (Å²) in [6, 6.07) is 5.83. The Bertz CT molecular complexity index is 427. The predicted octanol–water partition coefficient (Wildman–Crippen LogP) is 3.89. The molecule has 0 spiro atoms. The van der Waals surface area contributed by atoms with Gasteiger partial charge in [-0.3, -0.25) is 4.79 Å². The van der Waals surface area contributed by atoms with E-state index in [1.807, 2.05) is 25.1 Å². The lowest BCUT2D eigenvalue weighted by Crippen LogP contribution is -2.24. The highest BCUT2D eigenvalue weighted by Gasteiger charge is 2.26. The van der Waals surface area contributed by atoms with Crippen molar-refractivity contribution >= 4 is 21.9 Å². The summed E-state index contributed by atoms with van der Waals surface area (Å²) in [6.45, 7) is 6.03. The Morgan fingerprint density at radius 2 is 2.11 bits per heavy atom. The number of aliphatic carboxylic acids is 1. The molecule has 0 bridgehead atoms. The van der Waals surface area contributed by atoms with Crippen molar-refractivity contribution in [2.24, 2.45) is 5.41 Å². The van der Waals surface area contributed by atoms with Crippen molar-refractivity contribution in [2.75, 3.05) is 6.61 Å². The summed E-state index contributed by atoms with van der Waals surface area (Å²) >= 11 is 3.42. The molecule has 0 aliphatic carbocycles. The van der Waals surface area contributed by atoms with Crippen LogP contribution in [-0.4, -0.2) is 17.7 Å². The number of carbonyl (C=O) groups is 1. The van der Waals surface area contributed by atoms with Gasteiger partial charge in [-0.1, -0.05) is 15.9 Å². The van der Waals surface area contributed by atoms with Gasteiger partial charge in [0.2, 0.25) is 0 Å². The molecule has 3 nitrogen and oxygen atoms in total. The summed E-state index contributed by atoms with van der Waals surface area (Å²) in [4.78, 5) is 11.1. The molecule has 100 valence electrons. The minimum absolute atomic E-state index is 0.582. The standard InChI is InChI=1S/C14H19BrO3/c1-4-18-12-6-5-11(15)9-10(12)7-8-14(2,3)13(16)17/h5-6,9H,4,7-8H2,1-3H3,(H,16,17). The maximum Gasteiger partial charge on any atom is 0.309 e. The van der Waals surface area contributed by atoms with Crippen molar-refractivity contribution in [2.45, 2.75) is 33.6 Å². The van der Waals surface area contributed by atoms with Crippen LogP contribution in [0.4, 0.5) is 0 Å². The van der Waals surface area contributed by atoms with Crippen LogP contribution in [0.25, 0.3) is 0 Å². The van der Waals surface area contributed by atoms with Crippen molar-refractivity contribution < 1.29 is 14.6 Å². The van der Waals surface area contributed by atoms with Crippen LogP contribution in [0.3, 0.4) is 0 Å². The van der Waals surface area contributed by atoms with Gasteiger partial charge in [0, 0.05) is 4.47 Å². The minimum atomic E-state index is -0.768. The predicted molar refractivity (Wildman–Crippen MR) is 75.0 cm³/mol. The zero-order valence-electron chi connectivity index (χ0n) is 11.0. The van der Waals surface area contributed by atoms with Crippen LogP contribution in [0, 0.1) is 5.41 Å². The van der Waals surface area contributed by atoms with Crippen LogP contribution in [0.1, 0.15) is 32.8 Å². The quantitative estimate of drug-likeness (QED) is 0.866. The molecule has 1 N–H and O–H groups in total. The lowest BCUT2D eigenvalue weighted by Gasteiger charge is -2.19. The van der Waals surface area contributed by atoms with Gasteiger partial charge in [0.15, 0.2) is 0 Å². The molecule has 1 rings (SSSR count). The van der Waals surface area contributed by atoms with E-state index in [1.165, 1.54) is 0 Å². The number of hydrogen-bond acceptors (Lipinski definition) is 2. The molecule has 1 aromatic rings. The van der Waals surface area contributed by atoms with Crippen molar-refractivity contribution in [1.29, 1.82) is 0 Å². The molecule has 0 atom stereocenters. The highest BCUT2D eigenvalue weighted by Crippen LogP contribution is 2.29. The summed E-state index contributed by atoms with van der Waals surface area (Å²) in [5.74, 6) is 0.0670. The van der Waals surface area contributed by atoms with Gasteiger partial charge in [-0.25, -0.2) is 0 Å². The molecule has 0 fully saturated rings. The van der Waals surface area contributed by atoms with E-state index in [1.54, 1.807) is 13.8 Å². The Balaban J connectivity index is 2.83. The van der Waals surface area contributed by atoms with E-state index in [9.17, 15) is 4.79 Å². The van der Waals surface area contributed by atoms with E-state index < -0.39 is 11.4 Å². The first-order valence-corrected chi connectivity index (χ1v) is 6.80. The van der Waals surface area contributed by atoms with Gasteiger partial charge in [0.25, 0.3) is 0 Å². The van der Waals surface area contributed by atoms with Crippen molar-refractivity contribution in [3.8, 4) is 5.75 Å². The molecule has 0 saturated carbocycles. The van der Waals surface area contributed by atoms with E-state index in [0.29, 0.717) is 19.4 Å². The van der Waals surface area contributed by atoms with E-state index in [-0.39, 0.29) is 0 Å². The second-order valence-corrected chi connectivity index (χ2v) is 5.79. The second-order valence-electron chi connectivity index (χ2n) is 4.87. The molecular formula is C14H19BrO3. The van der Waals surface area contributed by atoms with E-state index >= 15 is 0 Å². The zero-order valence-corrected chi connectivity index (χ0v) is 12.6. The maximum atomic E-state index is 11.1. The molecule has 0 amide bonds. The molecular weight excluding hydrogens is 296 g/mol. The third-order valence-electron chi connectivity index (χ3n) is 2.92. The third kappa shape index (κ3) is 4.02. The van der Waals surface area contributed by atoms with Gasteiger partial charge in [0.05, 0.1) is 12.0 Å². The number of aryl methyl sites for hydroxylation is 1. The van der Waals surface area contributed by atoms with Gasteiger partial charge >= 0.3 is 5.97 Å². The first-order chi connectivity index (χ1) is 8.36. The summed E-state index contributed by atoms with van der Waals surface area (Å²) in [7, 11) is 0. The molecule has 18 heavy (non-hydrogen) atoms. The molecule has 1 aromatic carbocycles. The molecule has 0 aromatic heterocycles. The van der Waals surface area contributed by atoms with E-state index in [2.05, 4.69) is 15.9 Å². The number of rotatable bonds is 6. The van der Waals surface area contributed by atoms with E-state index in [4.69, 9.17) is 9.84 Å². The van der Waals surface area contributed by atoms with Crippen molar-refractivity contribution in [3.63, 3.8) is 0 Å². The number of carboxylic acids is 1. The third-order valence-corrected chi connectivity index (χ3v) is 3.41. The summed E-state index contributed by atoms with van der Waals surface area (Å²) < 4.78 is 6.53. The minimum Gasteiger partial charge on any atom is -0.494 e. The van der Waals surface area contributed by atoms with Gasteiger partial charge in [0.1, 0.15) is 5.75 Å². The second kappa shape index (κ2) is 6.23. The number of ether oxygens (including phenoxy) is 1. The number of carboxylic acid groups (broad SMARTS) is 1. The first-order valence-electron chi connectivity index (χ1n) is 6.01. The Labute approximate surface area is 116 Å². The van der Waals surface area contributed by atoms with E-state index in [0.717, 1.165) is 15.8 Å². The Morgan fingerprint density at radius 1 is 1.44 bits per heavy atom. The Hall–Kier alpha value is -1.03. The SMILES string of the molecule is CCOc1ccc(Br)cc1CCC(C)(C)C(=O)O. The van der Waals surface area contributed by atoms with Gasteiger partial charge in [-0.2, -0.15) is 0 Å². The van der Waals surface area contributed by atoms with Crippen LogP contribution in [0.15, 0.2) is 22.7 Å². The van der Waals surface area contributed by atoms with Crippen LogP contribution < -0.4 is 4.74 Å². The maximum absolute atomic E-state index is 11.1. The highest BCUT2D eigenvalue weighted by molar-refractivity contribution is 9.10. The van der Waals surface area contributed by atoms with Crippen LogP contribution in [0.5, 0.6) is 5.75 Å². The molecule has 0 unspecified atom stereocenters. The summed E-state index contributed by atoms with van der Waals surface area (Å²) in [5, 5.41) is 9.11. The smallest absolute Gasteiger partial charge is 0.309 e. The number of halogens is 1. The van der Waals surface area contributed by atoms with Crippen molar-refractivity contribution in [3.05, 3.63) is 28.2 Å². The lowest BCUT2D eigenvalue weighted by atomic mass is 9.86. The average Bonchev–Trinajstić information content (AvgIpc) is 2.29. The fourth-order valence-electron chi connectivity index (χ4n) is 1.59. The fourth-order valence-corrected chi connectivity index (χ4v) is 2.00. The molecule has 0 saturated heterocycles. The molecule has 4 heteroatoms. The normalized spacial score (nSPS) is 11.3. The monoisotopic (exact) mass is 314 g/mol. The number of hydrogen-bond donors (Lipinski definition) is 1. The molecule has 0 aliphatic heterocycles. The Morgan fingerprint density at radius 3 is 2.67 bits per heavy atom. The lowest BCUT2D eigenvalue weighted by molar-refractivity contribution is -0.147. The summed E-state index contributed by atoms with van der Waals surface area (Å²) in [6.07, 6.45) is 1.27. The van der Waals surface area contributed by atoms with Crippen LogP contribution >= 0.6 is 15.9 Å². The summed E-state index contributed by atoms with van der Waals surface area (Å²) in [5.41, 5.74) is 0.326. The van der Waals surface area contributed by atoms with Gasteiger partial charge in [-0.15, -0.1) is 0 Å². The number of benzene rings is 1. The average molecular weight is 315 g/mol. The Kier molecular flexibility index (Phi) is 5.20. The van der Waals surface area contributed by atoms with Crippen LogP contribution in [0.2, 0.25) is 0 Å². The zero-order chi connectivity index (χ0) is 13.8. The fraction of sp³-hybridized carbons (Fsp3) is 0.500. The first kappa shape index (κ1) is 15.0. The van der Waals surface area contributed by atoms with Crippen LogP contribution in [-0.2, 0) is 11.2 Å². The topological polar surface area (TPSA) is 46.5 Å². The van der Waals surface area contributed by atoms with Crippen molar-refractivity contribution in [1.82, 2.24) is 0 Å². The van der Waals surface area contributed by atoms with Gasteiger partial charge in [-0.05, 0) is 57.4 Å². The molecule has 0 radical (unpaired) electrons. The van der Waals surface area contributed by atoms with Gasteiger partial charge < -0.3 is 9.84 Å². The highest BCUT2D eigenvalue weighted by atomic mass is 79.9.